The molecule has 37 heavy (non-hydrogen) atoms. The lowest BCUT2D eigenvalue weighted by Gasteiger charge is -2.31. The highest BCUT2D eigenvalue weighted by atomic mass is 19.3. The van der Waals surface area contributed by atoms with E-state index in [1.54, 1.807) is 24.3 Å². The van der Waals surface area contributed by atoms with E-state index in [2.05, 4.69) is 20.9 Å². The normalized spacial score (nSPS) is 21.0. The number of ether oxygens (including phenoxy) is 1. The van der Waals surface area contributed by atoms with Crippen molar-refractivity contribution in [3.8, 4) is 11.8 Å². The number of hydrogen-bond donors (Lipinski definition) is 4. The number of nitrogens with one attached hydrogen (secondary N) is 4. The van der Waals surface area contributed by atoms with Crippen LogP contribution in [0, 0.1) is 23.2 Å². The molecule has 2 aromatic rings. The molecule has 4 N–H and O–H groups in total. The van der Waals surface area contributed by atoms with Gasteiger partial charge in [0.1, 0.15) is 23.5 Å². The molecule has 1 saturated carbocycles. The number of alkyl halides is 2. The number of rotatable bonds is 9. The van der Waals surface area contributed by atoms with Gasteiger partial charge in [0, 0.05) is 36.2 Å². The van der Waals surface area contributed by atoms with E-state index in [1.165, 1.54) is 7.11 Å². The molecule has 1 aromatic carbocycles. The Balaban J connectivity index is 1.49. The van der Waals surface area contributed by atoms with Crippen LogP contribution in [0.4, 0.5) is 8.78 Å². The summed E-state index contributed by atoms with van der Waals surface area (Å²) < 4.78 is 32.7. The molecule has 1 aliphatic carbocycles. The van der Waals surface area contributed by atoms with Crippen LogP contribution in [0.5, 0.6) is 5.75 Å². The Morgan fingerprint density at radius 2 is 1.97 bits per heavy atom. The lowest BCUT2D eigenvalue weighted by Crippen LogP contribution is -2.51. The molecular formula is C26H31F2N5O4. The number of carbonyl (C=O) groups is 3. The molecule has 3 atom stereocenters. The van der Waals surface area contributed by atoms with Gasteiger partial charge < -0.3 is 25.7 Å². The second kappa shape index (κ2) is 11.2. The highest BCUT2D eigenvalue weighted by Gasteiger charge is 2.37. The van der Waals surface area contributed by atoms with Crippen LogP contribution < -0.4 is 20.7 Å². The van der Waals surface area contributed by atoms with E-state index in [0.29, 0.717) is 29.6 Å². The number of amides is 3. The number of aromatic nitrogens is 1. The summed E-state index contributed by atoms with van der Waals surface area (Å²) in [5, 5.41) is 18.4. The summed E-state index contributed by atoms with van der Waals surface area (Å²) in [5.41, 5.74) is 0.895. The lowest BCUT2D eigenvalue weighted by atomic mass is 9.82. The molecule has 1 aromatic heterocycles. The molecule has 3 unspecified atom stereocenters. The van der Waals surface area contributed by atoms with Crippen LogP contribution in [0.25, 0.3) is 10.9 Å². The Kier molecular flexibility index (Phi) is 7.95. The fourth-order valence-corrected chi connectivity index (χ4v) is 5.13. The van der Waals surface area contributed by atoms with Crippen LogP contribution in [-0.2, 0) is 9.59 Å². The number of fused-ring (bicyclic) bond motifs is 1. The first-order valence-electron chi connectivity index (χ1n) is 12.5. The van der Waals surface area contributed by atoms with Crippen molar-refractivity contribution < 1.29 is 27.9 Å². The van der Waals surface area contributed by atoms with Gasteiger partial charge in [-0.1, -0.05) is 6.07 Å². The lowest BCUT2D eigenvalue weighted by molar-refractivity contribution is -0.125. The highest BCUT2D eigenvalue weighted by molar-refractivity contribution is 6.01. The highest BCUT2D eigenvalue weighted by Crippen LogP contribution is 2.38. The van der Waals surface area contributed by atoms with Gasteiger partial charge in [-0.2, -0.15) is 5.26 Å². The number of nitrogens with zero attached hydrogens (tertiary/aromatic N) is 1. The second-order valence-corrected chi connectivity index (χ2v) is 9.87. The van der Waals surface area contributed by atoms with Gasteiger partial charge in [0.15, 0.2) is 0 Å². The predicted octanol–water partition coefficient (Wildman–Crippen LogP) is 3.03. The maximum atomic E-state index is 13.7. The third kappa shape index (κ3) is 6.37. The minimum absolute atomic E-state index is 0.156. The molecule has 0 spiro atoms. The number of benzene rings is 1. The number of aromatic amines is 1. The quantitative estimate of drug-likeness (QED) is 0.407. The standard InChI is InChI=1S/C26H31F2N5O4/c1-37-22-4-2-3-19-18(22)13-21(32-19)25(36)33-20(11-15-5-8-26(27,28)9-6-15)24(35)31-17(14-29)12-16-7-10-30-23(16)34/h2-4,13,15-17,20,32H,5-12H2,1H3,(H,30,34)(H,31,35)(H,33,36). The number of nitriles is 1. The average molecular weight is 516 g/mol. The average Bonchev–Trinajstić information content (AvgIpc) is 3.50. The van der Waals surface area contributed by atoms with Crippen LogP contribution in [-0.4, -0.2) is 54.4 Å². The molecule has 2 heterocycles. The first-order chi connectivity index (χ1) is 17.7. The van der Waals surface area contributed by atoms with Gasteiger partial charge in [-0.25, -0.2) is 8.78 Å². The van der Waals surface area contributed by atoms with Crippen LogP contribution in [0.1, 0.15) is 55.4 Å². The molecule has 1 aliphatic heterocycles. The Bertz CT molecular complexity index is 1200. The minimum Gasteiger partial charge on any atom is -0.496 e. The van der Waals surface area contributed by atoms with Crippen molar-refractivity contribution in [1.82, 2.24) is 20.9 Å². The van der Waals surface area contributed by atoms with Crippen molar-refractivity contribution in [3.05, 3.63) is 30.0 Å². The molecular weight excluding hydrogens is 484 g/mol. The molecule has 4 rings (SSSR count). The van der Waals surface area contributed by atoms with Crippen molar-refractivity contribution in [2.45, 2.75) is 63.0 Å². The summed E-state index contributed by atoms with van der Waals surface area (Å²) in [7, 11) is 1.52. The molecule has 3 amide bonds. The van der Waals surface area contributed by atoms with E-state index >= 15 is 0 Å². The zero-order chi connectivity index (χ0) is 26.6. The molecule has 198 valence electrons. The summed E-state index contributed by atoms with van der Waals surface area (Å²) >= 11 is 0. The van der Waals surface area contributed by atoms with Crippen LogP contribution >= 0.6 is 0 Å². The van der Waals surface area contributed by atoms with Crippen LogP contribution in [0.3, 0.4) is 0 Å². The third-order valence-electron chi connectivity index (χ3n) is 7.27. The molecule has 1 saturated heterocycles. The summed E-state index contributed by atoms with van der Waals surface area (Å²) in [5.74, 6) is -3.96. The molecule has 0 radical (unpaired) electrons. The number of hydrogen-bond acceptors (Lipinski definition) is 5. The third-order valence-corrected chi connectivity index (χ3v) is 7.27. The van der Waals surface area contributed by atoms with Gasteiger partial charge in [-0.3, -0.25) is 14.4 Å². The number of H-pyrrole nitrogens is 1. The summed E-state index contributed by atoms with van der Waals surface area (Å²) in [6, 6.07) is 7.02. The topological polar surface area (TPSA) is 136 Å². The van der Waals surface area contributed by atoms with E-state index in [1.807, 2.05) is 6.07 Å². The molecule has 0 bridgehead atoms. The van der Waals surface area contributed by atoms with Crippen molar-refractivity contribution in [2.24, 2.45) is 11.8 Å². The first kappa shape index (κ1) is 26.4. The maximum absolute atomic E-state index is 13.7. The fourth-order valence-electron chi connectivity index (χ4n) is 5.13. The molecule has 11 heteroatoms. The van der Waals surface area contributed by atoms with E-state index in [0.717, 1.165) is 0 Å². The van der Waals surface area contributed by atoms with Crippen LogP contribution in [0.15, 0.2) is 24.3 Å². The summed E-state index contributed by atoms with van der Waals surface area (Å²) in [4.78, 5) is 41.3. The van der Waals surface area contributed by atoms with Gasteiger partial charge >= 0.3 is 0 Å². The second-order valence-electron chi connectivity index (χ2n) is 9.87. The Hall–Kier alpha value is -3.68. The van der Waals surface area contributed by atoms with Crippen LogP contribution in [0.2, 0.25) is 0 Å². The fraction of sp³-hybridized carbons (Fsp3) is 0.538. The van der Waals surface area contributed by atoms with Gasteiger partial charge in [0.2, 0.25) is 17.7 Å². The number of halogens is 2. The zero-order valence-corrected chi connectivity index (χ0v) is 20.6. The van der Waals surface area contributed by atoms with Gasteiger partial charge in [-0.05, 0) is 56.2 Å². The number of carbonyl (C=O) groups excluding carboxylic acids is 3. The van der Waals surface area contributed by atoms with E-state index < -0.39 is 29.8 Å². The Morgan fingerprint density at radius 3 is 2.62 bits per heavy atom. The maximum Gasteiger partial charge on any atom is 0.268 e. The van der Waals surface area contributed by atoms with Crippen molar-refractivity contribution >= 4 is 28.6 Å². The van der Waals surface area contributed by atoms with Gasteiger partial charge in [0.05, 0.1) is 13.2 Å². The first-order valence-corrected chi connectivity index (χ1v) is 12.5. The smallest absolute Gasteiger partial charge is 0.268 e. The Labute approximate surface area is 213 Å². The summed E-state index contributed by atoms with van der Waals surface area (Å²) in [6.07, 6.45) is 0.845. The zero-order valence-electron chi connectivity index (χ0n) is 20.6. The molecule has 9 nitrogen and oxygen atoms in total. The molecule has 2 fully saturated rings. The SMILES string of the molecule is COc1cccc2[nH]c(C(=O)NC(CC3CCC(F)(F)CC3)C(=O)NC(C#N)CC3CCNC3=O)cc12. The Morgan fingerprint density at radius 1 is 1.22 bits per heavy atom. The molecule has 2 aliphatic rings. The summed E-state index contributed by atoms with van der Waals surface area (Å²) in [6.45, 7) is 0.524. The van der Waals surface area contributed by atoms with E-state index in [4.69, 9.17) is 4.74 Å². The van der Waals surface area contributed by atoms with E-state index in [9.17, 15) is 28.4 Å². The van der Waals surface area contributed by atoms with Gasteiger partial charge in [0.25, 0.3) is 5.91 Å². The number of methoxy groups -OCH3 is 1. The van der Waals surface area contributed by atoms with Gasteiger partial charge in [-0.15, -0.1) is 0 Å². The minimum atomic E-state index is -2.71. The van der Waals surface area contributed by atoms with E-state index in [-0.39, 0.29) is 62.0 Å². The van der Waals surface area contributed by atoms with Crippen molar-refractivity contribution in [3.63, 3.8) is 0 Å². The van der Waals surface area contributed by atoms with Crippen molar-refractivity contribution in [2.75, 3.05) is 13.7 Å². The monoisotopic (exact) mass is 515 g/mol. The largest absolute Gasteiger partial charge is 0.496 e. The van der Waals surface area contributed by atoms with Crippen molar-refractivity contribution in [1.29, 1.82) is 5.26 Å². The predicted molar refractivity (Wildman–Crippen MR) is 131 cm³/mol.